The van der Waals surface area contributed by atoms with E-state index in [0.717, 1.165) is 11.8 Å². The normalized spacial score (nSPS) is 13.3. The maximum absolute atomic E-state index is 11.1. The van der Waals surface area contributed by atoms with Gasteiger partial charge in [0.15, 0.2) is 0 Å². The Morgan fingerprint density at radius 3 is 2.53 bits per heavy atom. The fourth-order valence-corrected chi connectivity index (χ4v) is 2.32. The van der Waals surface area contributed by atoms with E-state index < -0.39 is 21.7 Å². The van der Waals surface area contributed by atoms with Gasteiger partial charge < -0.3 is 5.11 Å². The molecule has 0 aromatic heterocycles. The number of sulfone groups is 1. The zero-order chi connectivity index (χ0) is 13.1. The molecule has 0 heterocycles. The monoisotopic (exact) mass is 256 g/mol. The summed E-state index contributed by atoms with van der Waals surface area (Å²) in [6, 6.07) is 7.15. The zero-order valence-corrected chi connectivity index (χ0v) is 10.7. The number of carboxylic acid groups (broad SMARTS) is 1. The van der Waals surface area contributed by atoms with Gasteiger partial charge in [-0.1, -0.05) is 29.8 Å². The number of hydrogen-bond acceptors (Lipinski definition) is 3. The van der Waals surface area contributed by atoms with Crippen LogP contribution in [0.15, 0.2) is 24.3 Å². The van der Waals surface area contributed by atoms with Crippen molar-refractivity contribution in [1.29, 1.82) is 0 Å². The van der Waals surface area contributed by atoms with Crippen LogP contribution in [0.2, 0.25) is 0 Å². The van der Waals surface area contributed by atoms with Gasteiger partial charge in [-0.05, 0) is 18.9 Å². The average molecular weight is 256 g/mol. The lowest BCUT2D eigenvalue weighted by Gasteiger charge is -2.12. The summed E-state index contributed by atoms with van der Waals surface area (Å²) in [5, 5.41) is 9.12. The summed E-state index contributed by atoms with van der Waals surface area (Å²) in [4.78, 5) is 11.1. The minimum Gasteiger partial charge on any atom is -0.481 e. The molecule has 0 bridgehead atoms. The number of carbonyl (C=O) groups is 1. The Kier molecular flexibility index (Phi) is 4.28. The fraction of sp³-hybridized carbons (Fsp3) is 0.417. The van der Waals surface area contributed by atoms with E-state index in [1.807, 2.05) is 13.0 Å². The molecule has 1 N–H and O–H groups in total. The number of carboxylic acids is 1. The first kappa shape index (κ1) is 13.7. The maximum atomic E-state index is 11.1. The van der Waals surface area contributed by atoms with Gasteiger partial charge in [-0.3, -0.25) is 4.79 Å². The van der Waals surface area contributed by atoms with Crippen molar-refractivity contribution in [2.24, 2.45) is 0 Å². The van der Waals surface area contributed by atoms with Gasteiger partial charge in [-0.15, -0.1) is 0 Å². The van der Waals surface area contributed by atoms with Crippen LogP contribution in [-0.4, -0.2) is 31.5 Å². The summed E-state index contributed by atoms with van der Waals surface area (Å²) >= 11 is 0. The molecule has 0 saturated carbocycles. The average Bonchev–Trinajstić information content (AvgIpc) is 2.15. The van der Waals surface area contributed by atoms with Crippen molar-refractivity contribution in [2.75, 3.05) is 12.0 Å². The van der Waals surface area contributed by atoms with Crippen LogP contribution in [0, 0.1) is 6.92 Å². The van der Waals surface area contributed by atoms with E-state index in [2.05, 4.69) is 0 Å². The second kappa shape index (κ2) is 5.31. The molecular formula is C12H16O4S. The molecule has 0 spiro atoms. The molecule has 17 heavy (non-hydrogen) atoms. The third-order valence-electron chi connectivity index (χ3n) is 2.52. The van der Waals surface area contributed by atoms with Crippen molar-refractivity contribution in [2.45, 2.75) is 19.3 Å². The van der Waals surface area contributed by atoms with Crippen LogP contribution < -0.4 is 0 Å². The molecule has 94 valence electrons. The number of rotatable bonds is 5. The summed E-state index contributed by atoms with van der Waals surface area (Å²) in [7, 11) is -3.13. The quantitative estimate of drug-likeness (QED) is 0.868. The highest BCUT2D eigenvalue weighted by atomic mass is 32.2. The largest absolute Gasteiger partial charge is 0.481 e. The molecule has 0 saturated heterocycles. The van der Waals surface area contributed by atoms with Gasteiger partial charge in [0.05, 0.1) is 11.7 Å². The van der Waals surface area contributed by atoms with Gasteiger partial charge in [0.25, 0.3) is 0 Å². The van der Waals surface area contributed by atoms with E-state index in [0.29, 0.717) is 5.56 Å². The summed E-state index contributed by atoms with van der Waals surface area (Å²) in [5.74, 6) is -1.86. The van der Waals surface area contributed by atoms with Crippen LogP contribution in [-0.2, 0) is 14.6 Å². The molecule has 0 fully saturated rings. The van der Waals surface area contributed by atoms with E-state index in [9.17, 15) is 13.2 Å². The van der Waals surface area contributed by atoms with Gasteiger partial charge in [0.2, 0.25) is 0 Å². The fourth-order valence-electron chi connectivity index (χ4n) is 1.65. The number of hydrogen-bond donors (Lipinski definition) is 1. The van der Waals surface area contributed by atoms with Crippen molar-refractivity contribution in [3.63, 3.8) is 0 Å². The van der Waals surface area contributed by atoms with Crippen LogP contribution in [0.25, 0.3) is 0 Å². The summed E-state index contributed by atoms with van der Waals surface area (Å²) in [6.45, 7) is 1.87. The predicted octanol–water partition coefficient (Wildman–Crippen LogP) is 1.60. The van der Waals surface area contributed by atoms with Gasteiger partial charge in [0.1, 0.15) is 9.84 Å². The molecular weight excluding hydrogens is 240 g/mol. The van der Waals surface area contributed by atoms with E-state index in [1.54, 1.807) is 18.2 Å². The highest BCUT2D eigenvalue weighted by Gasteiger charge is 2.21. The van der Waals surface area contributed by atoms with Crippen molar-refractivity contribution in [3.8, 4) is 0 Å². The molecule has 1 aromatic carbocycles. The molecule has 4 nitrogen and oxygen atoms in total. The Bertz CT molecular complexity index is 505. The minimum absolute atomic E-state index is 0.109. The Morgan fingerprint density at radius 1 is 1.41 bits per heavy atom. The molecule has 1 atom stereocenters. The third kappa shape index (κ3) is 4.56. The molecule has 0 aliphatic carbocycles. The van der Waals surface area contributed by atoms with Crippen LogP contribution in [0.4, 0.5) is 0 Å². The third-order valence-corrected chi connectivity index (χ3v) is 3.50. The van der Waals surface area contributed by atoms with Crippen LogP contribution >= 0.6 is 0 Å². The molecule has 0 radical (unpaired) electrons. The Hall–Kier alpha value is -1.36. The van der Waals surface area contributed by atoms with Gasteiger partial charge in [-0.25, -0.2) is 8.42 Å². The van der Waals surface area contributed by atoms with Crippen molar-refractivity contribution < 1.29 is 18.3 Å². The molecule has 1 unspecified atom stereocenters. The first-order chi connectivity index (χ1) is 7.79. The second-order valence-electron chi connectivity index (χ2n) is 4.22. The number of aliphatic carboxylic acids is 1. The lowest BCUT2D eigenvalue weighted by Crippen LogP contribution is -2.16. The predicted molar refractivity (Wildman–Crippen MR) is 65.9 cm³/mol. The van der Waals surface area contributed by atoms with E-state index in [1.165, 1.54) is 0 Å². The Labute approximate surface area is 101 Å². The summed E-state index contributed by atoms with van der Waals surface area (Å²) < 4.78 is 22.1. The minimum atomic E-state index is -3.13. The van der Waals surface area contributed by atoms with Crippen LogP contribution in [0.3, 0.4) is 0 Å². The number of aryl methyl sites for hydroxylation is 1. The van der Waals surface area contributed by atoms with E-state index >= 15 is 0 Å². The SMILES string of the molecule is Cc1cccc(C(CCS(C)(=O)=O)C(=O)O)c1. The topological polar surface area (TPSA) is 71.4 Å². The van der Waals surface area contributed by atoms with Gasteiger partial charge in [0, 0.05) is 6.26 Å². The van der Waals surface area contributed by atoms with Crippen molar-refractivity contribution >= 4 is 15.8 Å². The molecule has 0 amide bonds. The Morgan fingerprint density at radius 2 is 2.06 bits per heavy atom. The highest BCUT2D eigenvalue weighted by molar-refractivity contribution is 7.90. The lowest BCUT2D eigenvalue weighted by molar-refractivity contribution is -0.138. The van der Waals surface area contributed by atoms with Crippen LogP contribution in [0.5, 0.6) is 0 Å². The molecule has 1 aromatic rings. The smallest absolute Gasteiger partial charge is 0.311 e. The van der Waals surface area contributed by atoms with E-state index in [-0.39, 0.29) is 12.2 Å². The highest BCUT2D eigenvalue weighted by Crippen LogP contribution is 2.21. The second-order valence-corrected chi connectivity index (χ2v) is 6.48. The summed E-state index contributed by atoms with van der Waals surface area (Å²) in [5.41, 5.74) is 1.62. The standard InChI is InChI=1S/C12H16O4S/c1-9-4-3-5-10(8-9)11(12(13)14)6-7-17(2,15)16/h3-5,8,11H,6-7H2,1-2H3,(H,13,14). The van der Waals surface area contributed by atoms with Gasteiger partial charge in [-0.2, -0.15) is 0 Å². The lowest BCUT2D eigenvalue weighted by atomic mass is 9.95. The van der Waals surface area contributed by atoms with Crippen LogP contribution in [0.1, 0.15) is 23.5 Å². The first-order valence-electron chi connectivity index (χ1n) is 5.26. The molecule has 1 rings (SSSR count). The summed E-state index contributed by atoms with van der Waals surface area (Å²) in [6.07, 6.45) is 1.22. The maximum Gasteiger partial charge on any atom is 0.311 e. The molecule has 0 aliphatic heterocycles. The zero-order valence-electron chi connectivity index (χ0n) is 9.88. The van der Waals surface area contributed by atoms with Crippen molar-refractivity contribution in [1.82, 2.24) is 0 Å². The van der Waals surface area contributed by atoms with E-state index in [4.69, 9.17) is 5.11 Å². The number of benzene rings is 1. The first-order valence-corrected chi connectivity index (χ1v) is 7.33. The Balaban J connectivity index is 2.91. The molecule has 5 heteroatoms. The van der Waals surface area contributed by atoms with Gasteiger partial charge >= 0.3 is 5.97 Å². The molecule has 0 aliphatic rings. The van der Waals surface area contributed by atoms with Crippen molar-refractivity contribution in [3.05, 3.63) is 35.4 Å².